The Kier molecular flexibility index (Phi) is 6.68. The molecule has 1 atom stereocenters. The molecule has 0 spiro atoms. The Balaban J connectivity index is 2.86. The number of nitrogens with zero attached hydrogens (tertiary/aromatic N) is 2. The summed E-state index contributed by atoms with van der Waals surface area (Å²) in [5.74, 6) is -0.193. The Hall–Kier alpha value is -1.56. The molecule has 0 saturated carbocycles. The molecule has 0 amide bonds. The molecule has 0 saturated heterocycles. The molecule has 6 heteroatoms. The molecule has 0 aromatic carbocycles. The van der Waals surface area contributed by atoms with Crippen LogP contribution in [0.5, 0.6) is 5.88 Å². The van der Waals surface area contributed by atoms with Gasteiger partial charge < -0.3 is 10.0 Å². The van der Waals surface area contributed by atoms with Gasteiger partial charge in [-0.25, -0.2) is 4.79 Å². The first-order chi connectivity index (χ1) is 9.96. The maximum absolute atomic E-state index is 11.9. The summed E-state index contributed by atoms with van der Waals surface area (Å²) < 4.78 is 1.29. The minimum Gasteiger partial charge on any atom is -0.494 e. The number of aromatic amines is 1. The smallest absolute Gasteiger partial charge is 0.331 e. The van der Waals surface area contributed by atoms with Crippen molar-refractivity contribution in [3.8, 4) is 5.88 Å². The molecule has 1 aromatic heterocycles. The van der Waals surface area contributed by atoms with Crippen LogP contribution in [0.2, 0.25) is 0 Å². The largest absolute Gasteiger partial charge is 0.494 e. The highest BCUT2D eigenvalue weighted by Gasteiger charge is 2.17. The molecule has 21 heavy (non-hydrogen) atoms. The molecule has 1 heterocycles. The monoisotopic (exact) mass is 297 g/mol. The average Bonchev–Trinajstić information content (AvgIpc) is 2.43. The minimum absolute atomic E-state index is 0.143. The lowest BCUT2D eigenvalue weighted by atomic mass is 10.1. The first kappa shape index (κ1) is 17.5. The quantitative estimate of drug-likeness (QED) is 0.762. The Bertz CT molecular complexity index is 558. The van der Waals surface area contributed by atoms with Gasteiger partial charge in [0.2, 0.25) is 5.88 Å². The van der Waals surface area contributed by atoms with Gasteiger partial charge in [-0.2, -0.15) is 0 Å². The summed E-state index contributed by atoms with van der Waals surface area (Å²) in [6.45, 7) is 10.9. The predicted molar refractivity (Wildman–Crippen MR) is 84.1 cm³/mol. The first-order valence-corrected chi connectivity index (χ1v) is 7.75. The van der Waals surface area contributed by atoms with Gasteiger partial charge in [0.25, 0.3) is 5.56 Å². The Morgan fingerprint density at radius 1 is 1.24 bits per heavy atom. The van der Waals surface area contributed by atoms with Gasteiger partial charge in [-0.05, 0) is 45.8 Å². The second-order valence-corrected chi connectivity index (χ2v) is 5.30. The van der Waals surface area contributed by atoms with Gasteiger partial charge in [0, 0.05) is 6.04 Å². The van der Waals surface area contributed by atoms with E-state index in [-0.39, 0.29) is 17.5 Å². The van der Waals surface area contributed by atoms with Crippen LogP contribution in [0.15, 0.2) is 9.59 Å². The third-order valence-electron chi connectivity index (χ3n) is 4.00. The zero-order chi connectivity index (χ0) is 16.0. The number of nitrogens with one attached hydrogen (secondary N) is 1. The summed E-state index contributed by atoms with van der Waals surface area (Å²) in [5.41, 5.74) is -0.762. The maximum atomic E-state index is 11.9. The Labute approximate surface area is 125 Å². The molecule has 0 aliphatic rings. The lowest BCUT2D eigenvalue weighted by Crippen LogP contribution is -2.34. The van der Waals surface area contributed by atoms with Crippen LogP contribution in [-0.4, -0.2) is 39.2 Å². The van der Waals surface area contributed by atoms with E-state index in [9.17, 15) is 14.7 Å². The van der Waals surface area contributed by atoms with Crippen LogP contribution in [0, 0.1) is 0 Å². The van der Waals surface area contributed by atoms with Crippen molar-refractivity contribution < 1.29 is 5.11 Å². The minimum atomic E-state index is -0.537. The topological polar surface area (TPSA) is 78.3 Å². The molecule has 1 aromatic rings. The number of aromatic nitrogens is 2. The van der Waals surface area contributed by atoms with Crippen molar-refractivity contribution in [2.75, 3.05) is 19.6 Å². The number of aromatic hydroxyl groups is 1. The van der Waals surface area contributed by atoms with Crippen molar-refractivity contribution in [1.29, 1.82) is 0 Å². The van der Waals surface area contributed by atoms with E-state index in [0.717, 1.165) is 32.5 Å². The van der Waals surface area contributed by atoms with Gasteiger partial charge in [-0.1, -0.05) is 20.8 Å². The molecule has 0 bridgehead atoms. The fourth-order valence-corrected chi connectivity index (χ4v) is 2.58. The van der Waals surface area contributed by atoms with Crippen LogP contribution in [0.25, 0.3) is 0 Å². The van der Waals surface area contributed by atoms with Gasteiger partial charge in [0.1, 0.15) is 0 Å². The van der Waals surface area contributed by atoms with Crippen LogP contribution in [0.1, 0.15) is 52.1 Å². The number of H-pyrrole nitrogens is 1. The number of rotatable bonds is 8. The zero-order valence-electron chi connectivity index (χ0n) is 13.5. The SMILES string of the molecule is CCc1c(O)n(C(C)CCCN(CC)CC)c(=O)[nH]c1=O. The normalized spacial score (nSPS) is 12.8. The van der Waals surface area contributed by atoms with Crippen LogP contribution >= 0.6 is 0 Å². The summed E-state index contributed by atoms with van der Waals surface area (Å²) >= 11 is 0. The molecule has 6 nitrogen and oxygen atoms in total. The molecule has 1 rings (SSSR count). The predicted octanol–water partition coefficient (Wildman–Crippen LogP) is 1.49. The number of hydrogen-bond acceptors (Lipinski definition) is 4. The summed E-state index contributed by atoms with van der Waals surface area (Å²) in [7, 11) is 0. The van der Waals surface area contributed by atoms with E-state index in [1.807, 2.05) is 6.92 Å². The number of hydrogen-bond donors (Lipinski definition) is 2. The van der Waals surface area contributed by atoms with Gasteiger partial charge in [0.05, 0.1) is 5.56 Å². The highest BCUT2D eigenvalue weighted by molar-refractivity contribution is 5.22. The Morgan fingerprint density at radius 3 is 2.38 bits per heavy atom. The average molecular weight is 297 g/mol. The lowest BCUT2D eigenvalue weighted by Gasteiger charge is -2.21. The third-order valence-corrected chi connectivity index (χ3v) is 4.00. The van der Waals surface area contributed by atoms with Gasteiger partial charge in [-0.15, -0.1) is 0 Å². The van der Waals surface area contributed by atoms with E-state index in [4.69, 9.17) is 0 Å². The molecule has 0 aliphatic heterocycles. The van der Waals surface area contributed by atoms with Crippen molar-refractivity contribution in [2.24, 2.45) is 0 Å². The second kappa shape index (κ2) is 8.02. The van der Waals surface area contributed by atoms with E-state index in [1.165, 1.54) is 4.57 Å². The zero-order valence-corrected chi connectivity index (χ0v) is 13.5. The lowest BCUT2D eigenvalue weighted by molar-refractivity contribution is 0.281. The fourth-order valence-electron chi connectivity index (χ4n) is 2.58. The maximum Gasteiger partial charge on any atom is 0.331 e. The molecule has 0 aliphatic carbocycles. The standard InChI is InChI=1S/C15H27N3O3/c1-5-12-13(19)16-15(21)18(14(12)20)11(4)9-8-10-17(6-2)7-3/h11,20H,5-10H2,1-4H3,(H,16,19,21). The van der Waals surface area contributed by atoms with E-state index in [1.54, 1.807) is 6.92 Å². The summed E-state index contributed by atoms with van der Waals surface area (Å²) in [6.07, 6.45) is 2.11. The van der Waals surface area contributed by atoms with Crippen molar-refractivity contribution in [3.05, 3.63) is 26.4 Å². The summed E-state index contributed by atoms with van der Waals surface area (Å²) in [4.78, 5) is 28.1. The van der Waals surface area contributed by atoms with Crippen molar-refractivity contribution in [2.45, 2.75) is 53.0 Å². The van der Waals surface area contributed by atoms with Crippen LogP contribution in [-0.2, 0) is 6.42 Å². The molecular weight excluding hydrogens is 270 g/mol. The van der Waals surface area contributed by atoms with Gasteiger partial charge >= 0.3 is 5.69 Å². The van der Waals surface area contributed by atoms with E-state index in [0.29, 0.717) is 6.42 Å². The first-order valence-electron chi connectivity index (χ1n) is 7.75. The molecule has 0 radical (unpaired) electrons. The van der Waals surface area contributed by atoms with Crippen LogP contribution in [0.4, 0.5) is 0 Å². The highest BCUT2D eigenvalue weighted by Crippen LogP contribution is 2.19. The third kappa shape index (κ3) is 4.20. The van der Waals surface area contributed by atoms with Gasteiger partial charge in [-0.3, -0.25) is 14.3 Å². The van der Waals surface area contributed by atoms with Crippen molar-refractivity contribution >= 4 is 0 Å². The van der Waals surface area contributed by atoms with E-state index < -0.39 is 11.2 Å². The molecular formula is C15H27N3O3. The molecule has 2 N–H and O–H groups in total. The summed E-state index contributed by atoms with van der Waals surface area (Å²) in [5, 5.41) is 10.2. The second-order valence-electron chi connectivity index (χ2n) is 5.30. The van der Waals surface area contributed by atoms with E-state index >= 15 is 0 Å². The molecule has 120 valence electrons. The fraction of sp³-hybridized carbons (Fsp3) is 0.733. The molecule has 0 fully saturated rings. The van der Waals surface area contributed by atoms with Crippen molar-refractivity contribution in [1.82, 2.24) is 14.5 Å². The Morgan fingerprint density at radius 2 is 1.86 bits per heavy atom. The van der Waals surface area contributed by atoms with Gasteiger partial charge in [0.15, 0.2) is 0 Å². The molecule has 1 unspecified atom stereocenters. The van der Waals surface area contributed by atoms with Crippen LogP contribution < -0.4 is 11.2 Å². The van der Waals surface area contributed by atoms with Crippen molar-refractivity contribution in [3.63, 3.8) is 0 Å². The highest BCUT2D eigenvalue weighted by atomic mass is 16.3. The van der Waals surface area contributed by atoms with Crippen LogP contribution in [0.3, 0.4) is 0 Å². The van der Waals surface area contributed by atoms with E-state index in [2.05, 4.69) is 23.7 Å². The summed E-state index contributed by atoms with van der Waals surface area (Å²) in [6, 6.07) is -0.143.